The van der Waals surface area contributed by atoms with Crippen LogP contribution in [0.1, 0.15) is 79.4 Å². The van der Waals surface area contributed by atoms with Gasteiger partial charge in [0.2, 0.25) is 0 Å². The van der Waals surface area contributed by atoms with Crippen molar-refractivity contribution >= 4 is 61.5 Å². The van der Waals surface area contributed by atoms with Gasteiger partial charge >= 0.3 is 0 Å². The minimum Gasteiger partial charge on any atom is -0.316 e. The molecule has 3 aliphatic rings. The molecule has 0 N–H and O–H groups in total. The number of thiophene rings is 1. The maximum Gasteiger partial charge on any atom is 0.0543 e. The first-order chi connectivity index (χ1) is 28.5. The van der Waals surface area contributed by atoms with Crippen LogP contribution < -0.4 is 0 Å². The van der Waals surface area contributed by atoms with Crippen LogP contribution >= 0.6 is 11.3 Å². The van der Waals surface area contributed by atoms with Crippen molar-refractivity contribution in [1.82, 2.24) is 9.13 Å². The lowest BCUT2D eigenvalue weighted by atomic mass is 9.80. The van der Waals surface area contributed by atoms with Crippen molar-refractivity contribution in [3.63, 3.8) is 0 Å². The zero-order valence-corrected chi connectivity index (χ0v) is 34.8. The molecule has 3 heterocycles. The van der Waals surface area contributed by atoms with Gasteiger partial charge < -0.3 is 9.13 Å². The van der Waals surface area contributed by atoms with E-state index in [-0.39, 0.29) is 5.41 Å². The topological polar surface area (TPSA) is 9.86 Å². The SMILES string of the molecule is C/C=C\C=C/c1cn(-c2ccc3c(c2)C(C)(C)c2c-3ccc3sc4c(c23)C=CCC4)c2ccc(-c3ccc4c5c(n(-c6ccccc6)c4c3)C=CC=CC5)cc12.CC. The average Bonchev–Trinajstić information content (AvgIpc) is 3.92. The summed E-state index contributed by atoms with van der Waals surface area (Å²) in [6, 6.07) is 36.7. The van der Waals surface area contributed by atoms with Gasteiger partial charge in [-0.3, -0.25) is 0 Å². The number of benzene rings is 5. The molecule has 0 unspecified atom stereocenters. The molecule has 11 rings (SSSR count). The van der Waals surface area contributed by atoms with Crippen molar-refractivity contribution in [2.24, 2.45) is 0 Å². The number of allylic oxidation sites excluding steroid dienone is 7. The number of rotatable bonds is 5. The summed E-state index contributed by atoms with van der Waals surface area (Å²) in [4.78, 5) is 1.54. The molecule has 5 aromatic carbocycles. The predicted molar refractivity (Wildman–Crippen MR) is 253 cm³/mol. The van der Waals surface area contributed by atoms with E-state index in [9.17, 15) is 0 Å². The second-order valence-electron chi connectivity index (χ2n) is 15.9. The van der Waals surface area contributed by atoms with Crippen molar-refractivity contribution in [2.45, 2.75) is 59.3 Å². The molecule has 0 saturated carbocycles. The first-order valence-electron chi connectivity index (χ1n) is 20.9. The fourth-order valence-electron chi connectivity index (χ4n) is 9.75. The molecule has 0 radical (unpaired) electrons. The summed E-state index contributed by atoms with van der Waals surface area (Å²) < 4.78 is 6.25. The van der Waals surface area contributed by atoms with Crippen molar-refractivity contribution < 1.29 is 0 Å². The molecule has 58 heavy (non-hydrogen) atoms. The minimum atomic E-state index is -0.119. The highest BCUT2D eigenvalue weighted by molar-refractivity contribution is 7.19. The summed E-state index contributed by atoms with van der Waals surface area (Å²) >= 11 is 1.99. The monoisotopic (exact) mass is 768 g/mol. The third-order valence-corrected chi connectivity index (χ3v) is 13.6. The number of aryl methyl sites for hydroxylation is 1. The van der Waals surface area contributed by atoms with Crippen LogP contribution in [0.5, 0.6) is 0 Å². The van der Waals surface area contributed by atoms with Gasteiger partial charge in [0.15, 0.2) is 0 Å². The van der Waals surface area contributed by atoms with Gasteiger partial charge in [-0.15, -0.1) is 11.3 Å². The van der Waals surface area contributed by atoms with Crippen LogP contribution in [-0.4, -0.2) is 9.13 Å². The Labute approximate surface area is 346 Å². The maximum absolute atomic E-state index is 2.46. The third-order valence-electron chi connectivity index (χ3n) is 12.4. The second-order valence-corrected chi connectivity index (χ2v) is 17.1. The molecule has 0 bridgehead atoms. The molecule has 3 aliphatic carbocycles. The summed E-state index contributed by atoms with van der Waals surface area (Å²) in [6.45, 7) is 10.9. The van der Waals surface area contributed by atoms with E-state index >= 15 is 0 Å². The summed E-state index contributed by atoms with van der Waals surface area (Å²) in [5.41, 5.74) is 18.1. The van der Waals surface area contributed by atoms with Gasteiger partial charge in [-0.05, 0) is 125 Å². The molecule has 0 fully saturated rings. The fraction of sp³-hybridized carbons (Fsp3) is 0.164. The zero-order chi connectivity index (χ0) is 39.5. The molecule has 3 aromatic heterocycles. The predicted octanol–water partition coefficient (Wildman–Crippen LogP) is 15.5. The second kappa shape index (κ2) is 14.3. The van der Waals surface area contributed by atoms with E-state index in [1.165, 1.54) is 104 Å². The normalized spacial score (nSPS) is 14.9. The molecular weight excluding hydrogens is 721 g/mol. The van der Waals surface area contributed by atoms with E-state index in [4.69, 9.17) is 0 Å². The first kappa shape index (κ1) is 36.2. The lowest BCUT2D eigenvalue weighted by Gasteiger charge is -2.24. The van der Waals surface area contributed by atoms with Crippen LogP contribution in [-0.2, 0) is 18.3 Å². The summed E-state index contributed by atoms with van der Waals surface area (Å²) in [5, 5.41) is 4.02. The van der Waals surface area contributed by atoms with E-state index in [2.05, 4.69) is 194 Å². The number of para-hydroxylation sites is 1. The molecule has 0 atom stereocenters. The maximum atomic E-state index is 2.46. The molecule has 0 saturated heterocycles. The van der Waals surface area contributed by atoms with Crippen LogP contribution in [0.15, 0.2) is 146 Å². The molecule has 0 amide bonds. The van der Waals surface area contributed by atoms with E-state index in [0.717, 1.165) is 19.3 Å². The molecule has 8 aromatic rings. The first-order valence-corrected chi connectivity index (χ1v) is 21.7. The van der Waals surface area contributed by atoms with Crippen LogP contribution in [0.25, 0.3) is 83.7 Å². The molecule has 284 valence electrons. The number of aromatic nitrogens is 2. The molecule has 0 aliphatic heterocycles. The Morgan fingerprint density at radius 1 is 0.724 bits per heavy atom. The van der Waals surface area contributed by atoms with Gasteiger partial charge in [-0.1, -0.05) is 131 Å². The number of hydrogen-bond acceptors (Lipinski definition) is 1. The Morgan fingerprint density at radius 2 is 1.55 bits per heavy atom. The van der Waals surface area contributed by atoms with E-state index in [0.29, 0.717) is 0 Å². The Morgan fingerprint density at radius 3 is 2.41 bits per heavy atom. The van der Waals surface area contributed by atoms with Gasteiger partial charge in [-0.25, -0.2) is 0 Å². The van der Waals surface area contributed by atoms with E-state index in [1.807, 2.05) is 25.2 Å². The van der Waals surface area contributed by atoms with Crippen LogP contribution in [0.3, 0.4) is 0 Å². The van der Waals surface area contributed by atoms with Gasteiger partial charge in [0, 0.05) is 54.3 Å². The number of hydrogen-bond donors (Lipinski definition) is 0. The largest absolute Gasteiger partial charge is 0.316 e. The molecule has 3 heteroatoms. The lowest BCUT2D eigenvalue weighted by Crippen LogP contribution is -2.16. The van der Waals surface area contributed by atoms with Crippen molar-refractivity contribution in [1.29, 1.82) is 0 Å². The standard InChI is InChI=1S/C53H42N2S.C2H6/c1-4-5-8-15-36-33-54(38-24-26-39-42-27-29-50-51(43-19-13-14-21-49(43)56-50)52(42)53(2,3)45(39)32-38)46-28-23-34(30-44(36)46)35-22-25-41-40-18-11-7-12-20-47(40)55(48(41)31-35)37-16-9-6-10-17-37;1-2/h4-13,15-17,19-20,22-33H,14,18,21H2,1-3H3;1-2H3/b5-4-,15-8-;. The average molecular weight is 769 g/mol. The van der Waals surface area contributed by atoms with Crippen LogP contribution in [0.4, 0.5) is 0 Å². The smallest absolute Gasteiger partial charge is 0.0543 e. The van der Waals surface area contributed by atoms with Gasteiger partial charge in [0.1, 0.15) is 0 Å². The van der Waals surface area contributed by atoms with Crippen LogP contribution in [0.2, 0.25) is 0 Å². The number of nitrogens with zero attached hydrogens (tertiary/aromatic N) is 2. The highest BCUT2D eigenvalue weighted by Crippen LogP contribution is 2.54. The summed E-state index contributed by atoms with van der Waals surface area (Å²) in [5.74, 6) is 0. The third kappa shape index (κ3) is 5.59. The molecule has 0 spiro atoms. The fourth-order valence-corrected chi connectivity index (χ4v) is 11.0. The highest BCUT2D eigenvalue weighted by Gasteiger charge is 2.38. The van der Waals surface area contributed by atoms with Gasteiger partial charge in [0.25, 0.3) is 0 Å². The Kier molecular flexibility index (Phi) is 8.95. The lowest BCUT2D eigenvalue weighted by molar-refractivity contribution is 0.665. The Bertz CT molecular complexity index is 3070. The van der Waals surface area contributed by atoms with Gasteiger partial charge in [0.05, 0.1) is 16.7 Å². The van der Waals surface area contributed by atoms with E-state index in [1.54, 1.807) is 0 Å². The molecular formula is C55H48N2S. The molecule has 2 nitrogen and oxygen atoms in total. The Balaban J connectivity index is 0.00000201. The van der Waals surface area contributed by atoms with Crippen molar-refractivity contribution in [3.05, 3.63) is 184 Å². The summed E-state index contributed by atoms with van der Waals surface area (Å²) in [7, 11) is 0. The van der Waals surface area contributed by atoms with E-state index < -0.39 is 0 Å². The van der Waals surface area contributed by atoms with Crippen molar-refractivity contribution in [3.8, 4) is 33.6 Å². The quantitative estimate of drug-likeness (QED) is 0.154. The van der Waals surface area contributed by atoms with Crippen LogP contribution in [0, 0.1) is 0 Å². The number of fused-ring (bicyclic) bond motifs is 11. The van der Waals surface area contributed by atoms with Crippen molar-refractivity contribution in [2.75, 3.05) is 0 Å². The van der Waals surface area contributed by atoms with Gasteiger partial charge in [-0.2, -0.15) is 0 Å². The Hall–Kier alpha value is -6.16. The summed E-state index contributed by atoms with van der Waals surface area (Å²) in [6.07, 6.45) is 27.7. The highest BCUT2D eigenvalue weighted by atomic mass is 32.1. The zero-order valence-electron chi connectivity index (χ0n) is 34.0. The minimum absolute atomic E-state index is 0.119.